The molecule has 1 heterocycles. The monoisotopic (exact) mass is 369 g/mol. The third-order valence-corrected chi connectivity index (χ3v) is 4.76. The highest BCUT2D eigenvalue weighted by Gasteiger charge is 2.27. The highest BCUT2D eigenvalue weighted by Crippen LogP contribution is 2.15. The van der Waals surface area contributed by atoms with Crippen molar-refractivity contribution in [3.05, 3.63) is 41.7 Å². The van der Waals surface area contributed by atoms with Gasteiger partial charge in [0, 0.05) is 13.6 Å². The molecule has 2 aromatic rings. The molecule has 0 radical (unpaired) electrons. The molecule has 0 aliphatic heterocycles. The maximum absolute atomic E-state index is 12.2. The number of aliphatic hydroxyl groups excluding tert-OH is 1. The Morgan fingerprint density at radius 2 is 2.16 bits per heavy atom. The summed E-state index contributed by atoms with van der Waals surface area (Å²) in [4.78, 5) is 10.7. The van der Waals surface area contributed by atoms with Crippen molar-refractivity contribution in [1.29, 1.82) is 0 Å². The highest BCUT2D eigenvalue weighted by molar-refractivity contribution is 7.89. The summed E-state index contributed by atoms with van der Waals surface area (Å²) < 4.78 is 32.9. The van der Waals surface area contributed by atoms with Gasteiger partial charge in [-0.15, -0.1) is 0 Å². The fourth-order valence-corrected chi connectivity index (χ4v) is 3.33. The van der Waals surface area contributed by atoms with Crippen LogP contribution in [0, 0.1) is 6.92 Å². The smallest absolute Gasteiger partial charge is 0.355 e. The first-order valence-electron chi connectivity index (χ1n) is 7.33. The maximum atomic E-state index is 12.2. The minimum atomic E-state index is -4.13. The van der Waals surface area contributed by atoms with E-state index in [2.05, 4.69) is 9.82 Å². The molecule has 1 aromatic carbocycles. The standard InChI is InChI=1S/C15H19N3O6S/c1-10-4-3-5-12(6-10)24-9-11(19)7-17-25(22,23)13-8-16-18(2)14(13)15(20)21/h3-6,8,11,17,19H,7,9H2,1-2H3,(H,20,21). The van der Waals surface area contributed by atoms with Gasteiger partial charge in [-0.3, -0.25) is 4.68 Å². The second-order valence-corrected chi connectivity index (χ2v) is 7.15. The molecule has 136 valence electrons. The molecule has 1 atom stereocenters. The maximum Gasteiger partial charge on any atom is 0.355 e. The summed E-state index contributed by atoms with van der Waals surface area (Å²) in [6.07, 6.45) is -0.165. The normalized spacial score (nSPS) is 12.8. The zero-order valence-electron chi connectivity index (χ0n) is 13.7. The lowest BCUT2D eigenvalue weighted by atomic mass is 10.2. The number of ether oxygens (including phenoxy) is 1. The van der Waals surface area contributed by atoms with E-state index in [4.69, 9.17) is 9.84 Å². The fourth-order valence-electron chi connectivity index (χ4n) is 2.10. The Morgan fingerprint density at radius 1 is 1.44 bits per heavy atom. The summed E-state index contributed by atoms with van der Waals surface area (Å²) in [7, 11) is -2.80. The van der Waals surface area contributed by atoms with Gasteiger partial charge in [-0.1, -0.05) is 12.1 Å². The van der Waals surface area contributed by atoms with Gasteiger partial charge in [-0.2, -0.15) is 5.10 Å². The first kappa shape index (κ1) is 18.9. The summed E-state index contributed by atoms with van der Waals surface area (Å²) in [5.74, 6) is -0.856. The average Bonchev–Trinajstić information content (AvgIpc) is 2.94. The molecular formula is C15H19N3O6S. The third kappa shape index (κ3) is 4.78. The van der Waals surface area contributed by atoms with Crippen molar-refractivity contribution < 1.29 is 28.2 Å². The predicted molar refractivity (Wildman–Crippen MR) is 88.0 cm³/mol. The van der Waals surface area contributed by atoms with E-state index in [9.17, 15) is 18.3 Å². The molecule has 0 saturated carbocycles. The van der Waals surface area contributed by atoms with E-state index in [1.54, 1.807) is 18.2 Å². The molecule has 10 heteroatoms. The van der Waals surface area contributed by atoms with E-state index >= 15 is 0 Å². The number of aliphatic hydroxyl groups is 1. The van der Waals surface area contributed by atoms with Gasteiger partial charge in [-0.05, 0) is 24.6 Å². The summed E-state index contributed by atoms with van der Waals surface area (Å²) >= 11 is 0. The van der Waals surface area contributed by atoms with E-state index in [1.807, 2.05) is 13.0 Å². The SMILES string of the molecule is Cc1cccc(OCC(O)CNS(=O)(=O)c2cnn(C)c2C(=O)O)c1. The number of sulfonamides is 1. The van der Waals surface area contributed by atoms with Crippen molar-refractivity contribution in [1.82, 2.24) is 14.5 Å². The molecule has 0 aliphatic carbocycles. The number of carbonyl (C=O) groups is 1. The van der Waals surface area contributed by atoms with Crippen LogP contribution in [0.25, 0.3) is 0 Å². The lowest BCUT2D eigenvalue weighted by molar-refractivity contribution is 0.0680. The summed E-state index contributed by atoms with van der Waals surface area (Å²) in [6.45, 7) is 1.44. The van der Waals surface area contributed by atoms with E-state index < -0.39 is 32.7 Å². The molecule has 0 aliphatic rings. The van der Waals surface area contributed by atoms with Crippen LogP contribution < -0.4 is 9.46 Å². The van der Waals surface area contributed by atoms with Gasteiger partial charge in [-0.25, -0.2) is 17.9 Å². The Labute approximate surface area is 144 Å². The molecule has 9 nitrogen and oxygen atoms in total. The number of hydrogen-bond donors (Lipinski definition) is 3. The molecule has 1 unspecified atom stereocenters. The van der Waals surface area contributed by atoms with Gasteiger partial charge in [0.05, 0.1) is 6.20 Å². The minimum Gasteiger partial charge on any atom is -0.491 e. The van der Waals surface area contributed by atoms with Crippen LogP contribution in [0.5, 0.6) is 5.75 Å². The Balaban J connectivity index is 1.96. The van der Waals surface area contributed by atoms with Crippen molar-refractivity contribution in [2.45, 2.75) is 17.9 Å². The van der Waals surface area contributed by atoms with Crippen LogP contribution in [0.4, 0.5) is 0 Å². The molecule has 0 amide bonds. The quantitative estimate of drug-likeness (QED) is 0.603. The van der Waals surface area contributed by atoms with Crippen molar-refractivity contribution in [3.63, 3.8) is 0 Å². The number of rotatable bonds is 8. The Kier molecular flexibility index (Phi) is 5.77. The van der Waals surface area contributed by atoms with Crippen molar-refractivity contribution in [2.75, 3.05) is 13.2 Å². The van der Waals surface area contributed by atoms with Gasteiger partial charge < -0.3 is 14.9 Å². The fraction of sp³-hybridized carbons (Fsp3) is 0.333. The highest BCUT2D eigenvalue weighted by atomic mass is 32.2. The lowest BCUT2D eigenvalue weighted by Gasteiger charge is -2.13. The number of nitrogens with one attached hydrogen (secondary N) is 1. The number of aryl methyl sites for hydroxylation is 2. The number of hydrogen-bond acceptors (Lipinski definition) is 6. The summed E-state index contributed by atoms with van der Waals surface area (Å²) in [5.41, 5.74) is 0.531. The van der Waals surface area contributed by atoms with E-state index in [0.717, 1.165) is 16.4 Å². The number of benzene rings is 1. The van der Waals surface area contributed by atoms with Gasteiger partial charge in [0.25, 0.3) is 0 Å². The molecule has 0 bridgehead atoms. The van der Waals surface area contributed by atoms with Crippen LogP contribution >= 0.6 is 0 Å². The van der Waals surface area contributed by atoms with E-state index in [-0.39, 0.29) is 13.2 Å². The number of carboxylic acid groups (broad SMARTS) is 1. The summed E-state index contributed by atoms with van der Waals surface area (Å²) in [6, 6.07) is 7.20. The first-order valence-corrected chi connectivity index (χ1v) is 8.81. The van der Waals surface area contributed by atoms with Crippen LogP contribution in [0.15, 0.2) is 35.4 Å². The molecule has 0 fully saturated rings. The Hall–Kier alpha value is -2.43. The molecule has 25 heavy (non-hydrogen) atoms. The molecule has 0 spiro atoms. The van der Waals surface area contributed by atoms with Gasteiger partial charge >= 0.3 is 5.97 Å². The Morgan fingerprint density at radius 3 is 2.80 bits per heavy atom. The van der Waals surface area contributed by atoms with Gasteiger partial charge in [0.15, 0.2) is 5.69 Å². The van der Waals surface area contributed by atoms with E-state index in [0.29, 0.717) is 5.75 Å². The second kappa shape index (κ2) is 7.64. The number of aromatic nitrogens is 2. The van der Waals surface area contributed by atoms with Crippen molar-refractivity contribution in [3.8, 4) is 5.75 Å². The number of aromatic carboxylic acids is 1. The van der Waals surface area contributed by atoms with Crippen LogP contribution in [0.1, 0.15) is 16.1 Å². The average molecular weight is 369 g/mol. The zero-order valence-corrected chi connectivity index (χ0v) is 14.5. The molecule has 0 saturated heterocycles. The number of nitrogens with zero attached hydrogens (tertiary/aromatic N) is 2. The largest absolute Gasteiger partial charge is 0.491 e. The predicted octanol–water partition coefficient (Wildman–Crippen LogP) is 0.145. The van der Waals surface area contributed by atoms with Crippen molar-refractivity contribution >= 4 is 16.0 Å². The van der Waals surface area contributed by atoms with Crippen LogP contribution in [0.3, 0.4) is 0 Å². The molecular weight excluding hydrogens is 350 g/mol. The second-order valence-electron chi connectivity index (χ2n) is 5.42. The van der Waals surface area contributed by atoms with Crippen LogP contribution in [-0.4, -0.2) is 53.6 Å². The van der Waals surface area contributed by atoms with Crippen LogP contribution in [-0.2, 0) is 17.1 Å². The Bertz CT molecular complexity index is 862. The van der Waals surface area contributed by atoms with Crippen LogP contribution in [0.2, 0.25) is 0 Å². The minimum absolute atomic E-state index is 0.120. The lowest BCUT2D eigenvalue weighted by Crippen LogP contribution is -2.35. The van der Waals surface area contributed by atoms with Gasteiger partial charge in [0.1, 0.15) is 23.4 Å². The first-order chi connectivity index (χ1) is 11.7. The zero-order chi connectivity index (χ0) is 18.6. The molecule has 1 aromatic heterocycles. The van der Waals surface area contributed by atoms with Gasteiger partial charge in [0.2, 0.25) is 10.0 Å². The topological polar surface area (TPSA) is 131 Å². The third-order valence-electron chi connectivity index (χ3n) is 3.34. The number of carboxylic acids is 1. The molecule has 3 N–H and O–H groups in total. The summed E-state index contributed by atoms with van der Waals surface area (Å²) in [5, 5.41) is 22.6. The molecule has 2 rings (SSSR count). The van der Waals surface area contributed by atoms with E-state index in [1.165, 1.54) is 7.05 Å². The van der Waals surface area contributed by atoms with Crippen molar-refractivity contribution in [2.24, 2.45) is 7.05 Å².